The summed E-state index contributed by atoms with van der Waals surface area (Å²) in [7, 11) is 0. The highest BCUT2D eigenvalue weighted by atomic mass is 16.5. The highest BCUT2D eigenvalue weighted by Gasteiger charge is 2.07. The van der Waals surface area contributed by atoms with E-state index in [1.807, 2.05) is 0 Å². The van der Waals surface area contributed by atoms with Crippen LogP contribution in [0, 0.1) is 0 Å². The average Bonchev–Trinajstić information content (AvgIpc) is 2.67. The number of carbonyl (C=O) groups is 1. The van der Waals surface area contributed by atoms with Crippen LogP contribution < -0.4 is 0 Å². The van der Waals surface area contributed by atoms with Gasteiger partial charge in [0.05, 0.1) is 0 Å². The third-order valence-corrected chi connectivity index (χ3v) is 1.44. The zero-order valence-corrected chi connectivity index (χ0v) is 6.54. The minimum atomic E-state index is -0.0411. The highest BCUT2D eigenvalue weighted by Crippen LogP contribution is 2.10. The first-order valence-corrected chi connectivity index (χ1v) is 3.60. The van der Waals surface area contributed by atoms with Crippen molar-refractivity contribution in [1.82, 2.24) is 15.1 Å². The van der Waals surface area contributed by atoms with E-state index in [-0.39, 0.29) is 5.89 Å². The maximum Gasteiger partial charge on any atom is 0.291 e. The number of hydrogen-bond acceptors (Lipinski definition) is 5. The van der Waals surface area contributed by atoms with Gasteiger partial charge in [0.25, 0.3) is 5.89 Å². The quantitative estimate of drug-likeness (QED) is 0.635. The van der Waals surface area contributed by atoms with E-state index in [9.17, 15) is 4.79 Å². The molecule has 0 N–H and O–H groups in total. The van der Waals surface area contributed by atoms with Crippen molar-refractivity contribution >= 4 is 6.29 Å². The highest BCUT2D eigenvalue weighted by molar-refractivity contribution is 5.68. The fourth-order valence-corrected chi connectivity index (χ4v) is 0.882. The van der Waals surface area contributed by atoms with Gasteiger partial charge in [-0.1, -0.05) is 11.2 Å². The van der Waals surface area contributed by atoms with Crippen molar-refractivity contribution in [2.75, 3.05) is 0 Å². The van der Waals surface area contributed by atoms with Crippen molar-refractivity contribution in [3.05, 3.63) is 30.3 Å². The second-order valence-electron chi connectivity index (χ2n) is 2.29. The molecule has 0 aliphatic heterocycles. The van der Waals surface area contributed by atoms with E-state index in [4.69, 9.17) is 0 Å². The Labute approximate surface area is 73.4 Å². The average molecular weight is 175 g/mol. The van der Waals surface area contributed by atoms with Crippen LogP contribution in [0.3, 0.4) is 0 Å². The van der Waals surface area contributed by atoms with Crippen LogP contribution in [0.5, 0.6) is 0 Å². The molecule has 5 nitrogen and oxygen atoms in total. The largest absolute Gasteiger partial charge is 0.331 e. The first-order chi connectivity index (χ1) is 6.40. The van der Waals surface area contributed by atoms with Gasteiger partial charge >= 0.3 is 0 Å². The summed E-state index contributed by atoms with van der Waals surface area (Å²) >= 11 is 0. The maximum atomic E-state index is 10.2. The van der Waals surface area contributed by atoms with Crippen LogP contribution in [0.4, 0.5) is 0 Å². The van der Waals surface area contributed by atoms with Crippen molar-refractivity contribution in [2.24, 2.45) is 0 Å². The normalized spacial score (nSPS) is 9.85. The molecule has 0 radical (unpaired) electrons. The number of hydrogen-bond donors (Lipinski definition) is 0. The Balaban J connectivity index is 2.41. The van der Waals surface area contributed by atoms with Crippen molar-refractivity contribution in [3.8, 4) is 11.5 Å². The van der Waals surface area contributed by atoms with Gasteiger partial charge in [-0.05, 0) is 12.1 Å². The summed E-state index contributed by atoms with van der Waals surface area (Å²) in [5.74, 6) is 0.281. The van der Waals surface area contributed by atoms with Gasteiger partial charge < -0.3 is 4.52 Å². The lowest BCUT2D eigenvalue weighted by molar-refractivity contribution is 0.108. The first kappa shape index (κ1) is 7.60. The Morgan fingerprint density at radius 3 is 2.92 bits per heavy atom. The molecule has 0 amide bonds. The minimum Gasteiger partial charge on any atom is -0.331 e. The van der Waals surface area contributed by atoms with Gasteiger partial charge in [0.2, 0.25) is 12.1 Å². The molecule has 2 heterocycles. The molecule has 0 aliphatic carbocycles. The SMILES string of the molecule is O=Cc1nc(-c2ccccn2)no1. The van der Waals surface area contributed by atoms with E-state index >= 15 is 0 Å². The molecule has 5 heteroatoms. The molecule has 0 saturated carbocycles. The van der Waals surface area contributed by atoms with Crippen molar-refractivity contribution in [3.63, 3.8) is 0 Å². The Bertz CT molecular complexity index is 410. The predicted molar refractivity (Wildman–Crippen MR) is 42.9 cm³/mol. The fraction of sp³-hybridized carbons (Fsp3) is 0. The molecular formula is C8H5N3O2. The number of aromatic nitrogens is 3. The smallest absolute Gasteiger partial charge is 0.291 e. The van der Waals surface area contributed by atoms with Gasteiger partial charge in [-0.25, -0.2) is 0 Å². The molecule has 0 unspecified atom stereocenters. The first-order valence-electron chi connectivity index (χ1n) is 3.60. The topological polar surface area (TPSA) is 68.9 Å². The summed E-state index contributed by atoms with van der Waals surface area (Å²) in [6.45, 7) is 0. The lowest BCUT2D eigenvalue weighted by atomic mass is 10.3. The summed E-state index contributed by atoms with van der Waals surface area (Å²) in [6.07, 6.45) is 2.12. The third kappa shape index (κ3) is 1.44. The van der Waals surface area contributed by atoms with Gasteiger partial charge in [-0.3, -0.25) is 9.78 Å². The van der Waals surface area contributed by atoms with Crippen LogP contribution in [0.1, 0.15) is 10.7 Å². The van der Waals surface area contributed by atoms with E-state index in [2.05, 4.69) is 19.6 Å². The Morgan fingerprint density at radius 1 is 1.38 bits per heavy atom. The lowest BCUT2D eigenvalue weighted by Gasteiger charge is -1.88. The predicted octanol–water partition coefficient (Wildman–Crippen LogP) is 0.944. The van der Waals surface area contributed by atoms with Crippen LogP contribution in [0.2, 0.25) is 0 Å². The van der Waals surface area contributed by atoms with Gasteiger partial charge in [-0.15, -0.1) is 0 Å². The Hall–Kier alpha value is -2.04. The second-order valence-corrected chi connectivity index (χ2v) is 2.29. The number of rotatable bonds is 2. The summed E-state index contributed by atoms with van der Waals surface area (Å²) in [5.41, 5.74) is 0.583. The van der Waals surface area contributed by atoms with Crippen molar-refractivity contribution in [1.29, 1.82) is 0 Å². The van der Waals surface area contributed by atoms with E-state index in [1.54, 1.807) is 24.4 Å². The number of aldehydes is 1. The standard InChI is InChI=1S/C8H5N3O2/c12-5-7-10-8(11-13-7)6-3-1-2-4-9-6/h1-5H. The summed E-state index contributed by atoms with van der Waals surface area (Å²) in [5, 5.41) is 3.58. The van der Waals surface area contributed by atoms with E-state index in [1.165, 1.54) is 0 Å². The fourth-order valence-electron chi connectivity index (χ4n) is 0.882. The van der Waals surface area contributed by atoms with Crippen molar-refractivity contribution in [2.45, 2.75) is 0 Å². The second kappa shape index (κ2) is 3.14. The van der Waals surface area contributed by atoms with Gasteiger partial charge in [-0.2, -0.15) is 4.98 Å². The van der Waals surface area contributed by atoms with Crippen LogP contribution >= 0.6 is 0 Å². The molecule has 0 aliphatic rings. The Kier molecular flexibility index (Phi) is 1.84. The maximum absolute atomic E-state index is 10.2. The minimum absolute atomic E-state index is 0.0411. The summed E-state index contributed by atoms with van der Waals surface area (Å²) in [4.78, 5) is 18.0. The number of carbonyl (C=O) groups excluding carboxylic acids is 1. The van der Waals surface area contributed by atoms with E-state index < -0.39 is 0 Å². The Morgan fingerprint density at radius 2 is 2.31 bits per heavy atom. The number of nitrogens with zero attached hydrogens (tertiary/aromatic N) is 3. The summed E-state index contributed by atoms with van der Waals surface area (Å²) in [6, 6.07) is 5.32. The van der Waals surface area contributed by atoms with Gasteiger partial charge in [0.15, 0.2) is 0 Å². The molecule has 2 rings (SSSR count). The van der Waals surface area contributed by atoms with Gasteiger partial charge in [0.1, 0.15) is 5.69 Å². The molecule has 0 fully saturated rings. The molecule has 13 heavy (non-hydrogen) atoms. The van der Waals surface area contributed by atoms with E-state index in [0.717, 1.165) is 0 Å². The van der Waals surface area contributed by atoms with Gasteiger partial charge in [0, 0.05) is 6.20 Å². The monoisotopic (exact) mass is 175 g/mol. The molecule has 0 bridgehead atoms. The zero-order valence-electron chi connectivity index (χ0n) is 6.54. The van der Waals surface area contributed by atoms with Crippen LogP contribution in [-0.4, -0.2) is 21.4 Å². The molecule has 0 atom stereocenters. The zero-order chi connectivity index (χ0) is 9.10. The van der Waals surface area contributed by atoms with Crippen LogP contribution in [0.15, 0.2) is 28.9 Å². The summed E-state index contributed by atoms with van der Waals surface area (Å²) < 4.78 is 4.60. The van der Waals surface area contributed by atoms with Crippen LogP contribution in [-0.2, 0) is 0 Å². The third-order valence-electron chi connectivity index (χ3n) is 1.44. The lowest BCUT2D eigenvalue weighted by Crippen LogP contribution is -1.84. The molecule has 64 valence electrons. The van der Waals surface area contributed by atoms with Crippen molar-refractivity contribution < 1.29 is 9.32 Å². The molecule has 0 aromatic carbocycles. The molecule has 0 saturated heterocycles. The molecule has 0 spiro atoms. The molecule has 2 aromatic rings. The van der Waals surface area contributed by atoms with Crippen LogP contribution in [0.25, 0.3) is 11.5 Å². The number of pyridine rings is 1. The molecule has 2 aromatic heterocycles. The molecular weight excluding hydrogens is 170 g/mol. The van der Waals surface area contributed by atoms with E-state index in [0.29, 0.717) is 17.8 Å².